The van der Waals surface area contributed by atoms with Gasteiger partial charge in [0.15, 0.2) is 11.5 Å². The average Bonchev–Trinajstić information content (AvgIpc) is 3.02. The van der Waals surface area contributed by atoms with Crippen molar-refractivity contribution in [3.63, 3.8) is 0 Å². The zero-order valence-electron chi connectivity index (χ0n) is 11.3. The fourth-order valence-corrected chi connectivity index (χ4v) is 2.84. The highest BCUT2D eigenvalue weighted by Crippen LogP contribution is 2.31. The molecule has 1 aromatic carbocycles. The number of aryl methyl sites for hydroxylation is 2. The number of rotatable bonds is 1. The second kappa shape index (κ2) is 4.30. The van der Waals surface area contributed by atoms with Crippen molar-refractivity contribution >= 4 is 17.3 Å². The second-order valence-electron chi connectivity index (χ2n) is 5.21. The number of hydrogen-bond acceptors (Lipinski definition) is 2. The highest BCUT2D eigenvalue weighted by Gasteiger charge is 2.28. The summed E-state index contributed by atoms with van der Waals surface area (Å²) in [7, 11) is 0. The number of allylic oxidation sites excluding steroid dienone is 1. The molecule has 1 aliphatic carbocycles. The molecule has 3 heteroatoms. The zero-order valence-corrected chi connectivity index (χ0v) is 11.3. The topological polar surface area (TPSA) is 30.1 Å². The molecule has 0 fully saturated rings. The summed E-state index contributed by atoms with van der Waals surface area (Å²) < 4.78 is 7.66. The molecule has 20 heavy (non-hydrogen) atoms. The molecule has 4 rings (SSSR count). The molecule has 3 aromatic rings. The van der Waals surface area contributed by atoms with Crippen LogP contribution < -0.4 is 4.57 Å². The Hall–Kier alpha value is -2.42. The molecule has 0 spiro atoms. The fourth-order valence-electron chi connectivity index (χ4n) is 2.84. The Morgan fingerprint density at radius 3 is 2.90 bits per heavy atom. The van der Waals surface area contributed by atoms with Gasteiger partial charge in [0.05, 0.1) is 6.07 Å². The minimum Gasteiger partial charge on any atom is -0.300 e. The molecular weight excluding hydrogens is 248 g/mol. The molecule has 3 nitrogen and oxygen atoms in total. The predicted octanol–water partition coefficient (Wildman–Crippen LogP) is 3.21. The van der Waals surface area contributed by atoms with Gasteiger partial charge in [-0.3, -0.25) is 0 Å². The third kappa shape index (κ3) is 1.74. The van der Waals surface area contributed by atoms with Gasteiger partial charge in [-0.15, -0.1) is 0 Å². The molecule has 0 unspecified atom stereocenters. The van der Waals surface area contributed by atoms with E-state index in [1.165, 1.54) is 22.4 Å². The Kier molecular flexibility index (Phi) is 2.46. The van der Waals surface area contributed by atoms with Crippen molar-refractivity contribution in [2.24, 2.45) is 0 Å². The van der Waals surface area contributed by atoms with Crippen molar-refractivity contribution in [1.29, 1.82) is 0 Å². The average molecular weight is 263 g/mol. The first-order valence-corrected chi connectivity index (χ1v) is 6.88. The Balaban J connectivity index is 1.92. The lowest BCUT2D eigenvalue weighted by Crippen LogP contribution is -2.25. The van der Waals surface area contributed by atoms with Gasteiger partial charge in [0.1, 0.15) is 6.20 Å². The Morgan fingerprint density at radius 1 is 1.20 bits per heavy atom. The fraction of sp³-hybridized carbons (Fsp3) is 0.176. The summed E-state index contributed by atoms with van der Waals surface area (Å²) >= 11 is 0. The van der Waals surface area contributed by atoms with Crippen LogP contribution in [-0.2, 0) is 6.42 Å². The molecule has 0 amide bonds. The van der Waals surface area contributed by atoms with Gasteiger partial charge < -0.3 is 4.52 Å². The lowest BCUT2D eigenvalue weighted by atomic mass is 10.1. The van der Waals surface area contributed by atoms with Gasteiger partial charge in [-0.2, -0.15) is 0 Å². The van der Waals surface area contributed by atoms with E-state index < -0.39 is 0 Å². The largest absolute Gasteiger partial charge is 0.366 e. The lowest BCUT2D eigenvalue weighted by Gasteiger charge is -1.98. The van der Waals surface area contributed by atoms with E-state index in [1.807, 2.05) is 29.8 Å². The van der Waals surface area contributed by atoms with Crippen molar-refractivity contribution in [2.45, 2.75) is 19.8 Å². The van der Waals surface area contributed by atoms with Crippen LogP contribution in [0.3, 0.4) is 0 Å². The maximum Gasteiger partial charge on any atom is 0.366 e. The summed E-state index contributed by atoms with van der Waals surface area (Å²) in [6, 6.07) is 12.4. The molecule has 98 valence electrons. The Morgan fingerprint density at radius 2 is 2.05 bits per heavy atom. The predicted molar refractivity (Wildman–Crippen MR) is 77.0 cm³/mol. The van der Waals surface area contributed by atoms with Crippen LogP contribution in [0.1, 0.15) is 29.0 Å². The summed E-state index contributed by atoms with van der Waals surface area (Å²) in [5.41, 5.74) is 5.86. The van der Waals surface area contributed by atoms with Crippen molar-refractivity contribution < 1.29 is 9.10 Å². The summed E-state index contributed by atoms with van der Waals surface area (Å²) in [5, 5.41) is 0. The molecule has 0 N–H and O–H groups in total. The monoisotopic (exact) mass is 263 g/mol. The van der Waals surface area contributed by atoms with E-state index in [0.717, 1.165) is 24.2 Å². The number of nitrogens with zero attached hydrogens (tertiary/aromatic N) is 2. The Bertz CT molecular complexity index is 816. The van der Waals surface area contributed by atoms with E-state index in [1.54, 1.807) is 0 Å². The summed E-state index contributed by atoms with van der Waals surface area (Å²) in [6.07, 6.45) is 6.29. The van der Waals surface area contributed by atoms with E-state index in [-0.39, 0.29) is 0 Å². The van der Waals surface area contributed by atoms with Crippen LogP contribution in [0, 0.1) is 6.92 Å². The van der Waals surface area contributed by atoms with E-state index in [9.17, 15) is 0 Å². The van der Waals surface area contributed by atoms with Gasteiger partial charge in [-0.25, -0.2) is 0 Å². The van der Waals surface area contributed by atoms with Gasteiger partial charge in [0.2, 0.25) is 0 Å². The van der Waals surface area contributed by atoms with Crippen LogP contribution in [0.2, 0.25) is 0 Å². The minimum atomic E-state index is 0.877. The van der Waals surface area contributed by atoms with Gasteiger partial charge in [-0.05, 0) is 41.0 Å². The first-order chi connectivity index (χ1) is 9.81. The maximum atomic E-state index is 5.79. The van der Waals surface area contributed by atoms with Gasteiger partial charge in [-0.1, -0.05) is 30.3 Å². The number of aromatic nitrogens is 2. The molecule has 0 radical (unpaired) electrons. The van der Waals surface area contributed by atoms with Crippen molar-refractivity contribution in [2.75, 3.05) is 0 Å². The SMILES string of the molecule is Cc1cc2ncc3c([n+]2o1)C(=Cc1ccccc1)CC3. The number of hydrogen-bond donors (Lipinski definition) is 0. The van der Waals surface area contributed by atoms with Crippen LogP contribution in [0.15, 0.2) is 47.1 Å². The smallest absolute Gasteiger partial charge is 0.300 e. The number of benzene rings is 1. The molecule has 0 saturated carbocycles. The summed E-state index contributed by atoms with van der Waals surface area (Å²) in [4.78, 5) is 4.46. The van der Waals surface area contributed by atoms with E-state index in [0.29, 0.717) is 0 Å². The first kappa shape index (κ1) is 11.4. The van der Waals surface area contributed by atoms with E-state index >= 15 is 0 Å². The van der Waals surface area contributed by atoms with E-state index in [4.69, 9.17) is 4.52 Å². The van der Waals surface area contributed by atoms with E-state index in [2.05, 4.69) is 35.3 Å². The van der Waals surface area contributed by atoms with Gasteiger partial charge in [0, 0.05) is 11.1 Å². The molecule has 0 atom stereocenters. The standard InChI is InChI=1S/C17H15N2O/c1-12-9-16-18-11-15-8-7-14(17(15)19(16)20-12)10-13-5-3-2-4-6-13/h2-6,9-11H,7-8H2,1H3/q+1. The molecule has 0 aliphatic heterocycles. The summed E-state index contributed by atoms with van der Waals surface area (Å²) in [6.45, 7) is 1.95. The molecule has 0 saturated heterocycles. The third-order valence-corrected chi connectivity index (χ3v) is 3.74. The molecule has 1 aliphatic rings. The Labute approximate surface area is 117 Å². The zero-order chi connectivity index (χ0) is 13.5. The normalized spacial score (nSPS) is 15.9. The van der Waals surface area contributed by atoms with Gasteiger partial charge >= 0.3 is 5.65 Å². The van der Waals surface area contributed by atoms with Gasteiger partial charge in [0.25, 0.3) is 0 Å². The van der Waals surface area contributed by atoms with Crippen molar-refractivity contribution in [3.8, 4) is 0 Å². The highest BCUT2D eigenvalue weighted by atomic mass is 16.5. The van der Waals surface area contributed by atoms with Crippen LogP contribution in [0.4, 0.5) is 0 Å². The summed E-state index contributed by atoms with van der Waals surface area (Å²) in [5.74, 6) is 0.886. The van der Waals surface area contributed by atoms with Crippen LogP contribution in [0.5, 0.6) is 0 Å². The maximum absolute atomic E-state index is 5.79. The van der Waals surface area contributed by atoms with Crippen LogP contribution in [0.25, 0.3) is 17.3 Å². The highest BCUT2D eigenvalue weighted by molar-refractivity contribution is 5.82. The van der Waals surface area contributed by atoms with Crippen molar-refractivity contribution in [3.05, 3.63) is 65.2 Å². The molecule has 2 aromatic heterocycles. The lowest BCUT2D eigenvalue weighted by molar-refractivity contribution is -0.721. The third-order valence-electron chi connectivity index (χ3n) is 3.74. The first-order valence-electron chi connectivity index (χ1n) is 6.88. The van der Waals surface area contributed by atoms with Crippen LogP contribution >= 0.6 is 0 Å². The quantitative estimate of drug-likeness (QED) is 0.631. The molecule has 0 bridgehead atoms. The van der Waals surface area contributed by atoms with Crippen molar-refractivity contribution in [1.82, 2.24) is 4.98 Å². The second-order valence-corrected chi connectivity index (χ2v) is 5.21. The minimum absolute atomic E-state index is 0.877. The number of fused-ring (bicyclic) bond motifs is 3. The molecular formula is C17H15N2O+. The molecule has 2 heterocycles. The van der Waals surface area contributed by atoms with Crippen LogP contribution in [-0.4, -0.2) is 4.98 Å².